The number of hydrogen-bond acceptors (Lipinski definition) is 5. The molecule has 0 spiro atoms. The number of rotatable bonds is 4. The highest BCUT2D eigenvalue weighted by molar-refractivity contribution is 5.79. The fourth-order valence-electron chi connectivity index (χ4n) is 3.82. The van der Waals surface area contributed by atoms with Crippen LogP contribution < -0.4 is 0 Å². The minimum atomic E-state index is -1.01. The average Bonchev–Trinajstić information content (AvgIpc) is 3.08. The number of aliphatic hydroxyl groups is 1. The second-order valence-corrected chi connectivity index (χ2v) is 8.13. The van der Waals surface area contributed by atoms with Crippen molar-refractivity contribution in [2.75, 3.05) is 0 Å². The summed E-state index contributed by atoms with van der Waals surface area (Å²) in [5.41, 5.74) is 3.91. The van der Waals surface area contributed by atoms with E-state index in [0.29, 0.717) is 11.9 Å². The molecule has 1 aliphatic carbocycles. The maximum atomic E-state index is 10.5. The number of oxazole rings is 1. The molecule has 5 aromatic heterocycles. The predicted octanol–water partition coefficient (Wildman–Crippen LogP) is 3.67. The summed E-state index contributed by atoms with van der Waals surface area (Å²) in [7, 11) is 0. The Balaban J connectivity index is 1.57. The summed E-state index contributed by atoms with van der Waals surface area (Å²) >= 11 is 0. The van der Waals surface area contributed by atoms with Gasteiger partial charge in [-0.1, -0.05) is 0 Å². The standard InChI is InChI=1S/C21H20N6O2/c1-21(2,28)16-11-22-17-6-3-13(12-26(16)17)19-18(23-20-25(19)9-10-29-20)15-7-8-27(24-15)14-4-5-14/h3,6-12,14,28H,4-5H2,1-2H3. The zero-order valence-corrected chi connectivity index (χ0v) is 16.1. The van der Waals surface area contributed by atoms with Gasteiger partial charge in [0.2, 0.25) is 0 Å². The van der Waals surface area contributed by atoms with Crippen LogP contribution in [0.3, 0.4) is 0 Å². The van der Waals surface area contributed by atoms with Crippen LogP contribution in [0.25, 0.3) is 34.1 Å². The summed E-state index contributed by atoms with van der Waals surface area (Å²) in [4.78, 5) is 9.11. The molecule has 1 aliphatic rings. The zero-order chi connectivity index (χ0) is 19.8. The first-order chi connectivity index (χ1) is 14.0. The number of fused-ring (bicyclic) bond motifs is 2. The largest absolute Gasteiger partial charge is 0.432 e. The predicted molar refractivity (Wildman–Crippen MR) is 106 cm³/mol. The molecule has 5 heterocycles. The lowest BCUT2D eigenvalue weighted by atomic mass is 10.1. The Morgan fingerprint density at radius 3 is 2.79 bits per heavy atom. The van der Waals surface area contributed by atoms with Gasteiger partial charge in [-0.3, -0.25) is 9.08 Å². The molecule has 1 fully saturated rings. The van der Waals surface area contributed by atoms with Crippen molar-refractivity contribution in [1.29, 1.82) is 0 Å². The third kappa shape index (κ3) is 2.52. The second kappa shape index (κ2) is 5.57. The molecule has 0 aromatic carbocycles. The molecule has 29 heavy (non-hydrogen) atoms. The van der Waals surface area contributed by atoms with Crippen LogP contribution in [0.5, 0.6) is 0 Å². The number of imidazole rings is 2. The minimum absolute atomic E-state index is 0.509. The molecule has 8 nitrogen and oxygen atoms in total. The number of hydrogen-bond donors (Lipinski definition) is 1. The van der Waals surface area contributed by atoms with Crippen LogP contribution in [-0.4, -0.2) is 33.7 Å². The van der Waals surface area contributed by atoms with Crippen molar-refractivity contribution in [3.63, 3.8) is 0 Å². The summed E-state index contributed by atoms with van der Waals surface area (Å²) in [6.07, 6.45) is 11.5. The maximum Gasteiger partial charge on any atom is 0.306 e. The van der Waals surface area contributed by atoms with E-state index in [1.165, 1.54) is 12.8 Å². The Morgan fingerprint density at radius 1 is 1.14 bits per heavy atom. The van der Waals surface area contributed by atoms with Crippen LogP contribution in [0.2, 0.25) is 0 Å². The van der Waals surface area contributed by atoms with Crippen molar-refractivity contribution in [1.82, 2.24) is 28.5 Å². The van der Waals surface area contributed by atoms with Crippen LogP contribution in [0.1, 0.15) is 38.4 Å². The first-order valence-corrected chi connectivity index (χ1v) is 9.70. The summed E-state index contributed by atoms with van der Waals surface area (Å²) < 4.78 is 11.4. The van der Waals surface area contributed by atoms with Gasteiger partial charge in [0.1, 0.15) is 28.9 Å². The Bertz CT molecular complexity index is 1360. The molecule has 0 atom stereocenters. The molecule has 0 aliphatic heterocycles. The van der Waals surface area contributed by atoms with E-state index in [9.17, 15) is 5.11 Å². The summed E-state index contributed by atoms with van der Waals surface area (Å²) in [6.45, 7) is 3.51. The van der Waals surface area contributed by atoms with Gasteiger partial charge in [-0.25, -0.2) is 4.98 Å². The van der Waals surface area contributed by atoms with Crippen LogP contribution in [-0.2, 0) is 5.60 Å². The Labute approximate surface area is 166 Å². The van der Waals surface area contributed by atoms with Gasteiger partial charge in [0.15, 0.2) is 0 Å². The van der Waals surface area contributed by atoms with E-state index in [1.54, 1.807) is 26.3 Å². The van der Waals surface area contributed by atoms with Gasteiger partial charge < -0.3 is 13.9 Å². The summed E-state index contributed by atoms with van der Waals surface area (Å²) in [6, 6.07) is 6.46. The normalized spacial score (nSPS) is 15.0. The third-order valence-corrected chi connectivity index (χ3v) is 5.44. The highest BCUT2D eigenvalue weighted by Crippen LogP contribution is 2.37. The third-order valence-electron chi connectivity index (χ3n) is 5.44. The number of aromatic nitrogens is 6. The lowest BCUT2D eigenvalue weighted by molar-refractivity contribution is 0.0730. The first-order valence-electron chi connectivity index (χ1n) is 9.70. The van der Waals surface area contributed by atoms with Gasteiger partial charge in [0.05, 0.1) is 23.6 Å². The van der Waals surface area contributed by atoms with Crippen LogP contribution >= 0.6 is 0 Å². The Hall–Kier alpha value is -3.39. The Morgan fingerprint density at radius 2 is 2.00 bits per heavy atom. The molecule has 0 amide bonds. The fourth-order valence-corrected chi connectivity index (χ4v) is 3.82. The van der Waals surface area contributed by atoms with Crippen LogP contribution in [0.15, 0.2) is 53.7 Å². The van der Waals surface area contributed by atoms with Crippen molar-refractivity contribution in [3.8, 4) is 22.6 Å². The van der Waals surface area contributed by atoms with E-state index in [4.69, 9.17) is 14.5 Å². The van der Waals surface area contributed by atoms with Gasteiger partial charge in [0.25, 0.3) is 0 Å². The van der Waals surface area contributed by atoms with Crippen molar-refractivity contribution >= 4 is 11.5 Å². The molecule has 8 heteroatoms. The van der Waals surface area contributed by atoms with Crippen molar-refractivity contribution in [2.45, 2.75) is 38.3 Å². The molecule has 0 radical (unpaired) electrons. The molecule has 0 saturated heterocycles. The van der Waals surface area contributed by atoms with E-state index in [2.05, 4.69) is 4.98 Å². The van der Waals surface area contributed by atoms with Crippen molar-refractivity contribution in [3.05, 3.63) is 54.9 Å². The van der Waals surface area contributed by atoms with Crippen molar-refractivity contribution < 1.29 is 9.52 Å². The maximum absolute atomic E-state index is 10.5. The molecule has 5 aromatic rings. The van der Waals surface area contributed by atoms with E-state index >= 15 is 0 Å². The second-order valence-electron chi connectivity index (χ2n) is 8.13. The lowest BCUT2D eigenvalue weighted by Gasteiger charge is -2.17. The highest BCUT2D eigenvalue weighted by Gasteiger charge is 2.27. The Kier molecular flexibility index (Phi) is 3.18. The molecular formula is C21H20N6O2. The van der Waals surface area contributed by atoms with E-state index < -0.39 is 5.60 Å². The van der Waals surface area contributed by atoms with E-state index in [1.807, 2.05) is 50.3 Å². The molecule has 0 bridgehead atoms. The molecule has 6 rings (SSSR count). The molecule has 146 valence electrons. The average molecular weight is 388 g/mol. The van der Waals surface area contributed by atoms with Gasteiger partial charge in [-0.15, -0.1) is 0 Å². The number of nitrogens with zero attached hydrogens (tertiary/aromatic N) is 6. The van der Waals surface area contributed by atoms with Gasteiger partial charge in [-0.2, -0.15) is 10.1 Å². The minimum Gasteiger partial charge on any atom is -0.432 e. The molecule has 0 unspecified atom stereocenters. The molecule has 1 saturated carbocycles. The van der Waals surface area contributed by atoms with E-state index in [-0.39, 0.29) is 0 Å². The highest BCUT2D eigenvalue weighted by atomic mass is 16.3. The first kappa shape index (κ1) is 16.6. The topological polar surface area (TPSA) is 85.8 Å². The van der Waals surface area contributed by atoms with Gasteiger partial charge >= 0.3 is 5.84 Å². The van der Waals surface area contributed by atoms with Crippen LogP contribution in [0, 0.1) is 0 Å². The fraction of sp³-hybridized carbons (Fsp3) is 0.286. The number of pyridine rings is 1. The summed E-state index contributed by atoms with van der Waals surface area (Å²) in [5, 5.41) is 15.3. The molecule has 1 N–H and O–H groups in total. The van der Waals surface area contributed by atoms with Gasteiger partial charge in [0, 0.05) is 24.2 Å². The monoisotopic (exact) mass is 388 g/mol. The van der Waals surface area contributed by atoms with E-state index in [0.717, 1.165) is 34.0 Å². The summed E-state index contributed by atoms with van der Waals surface area (Å²) in [5.74, 6) is 0.518. The van der Waals surface area contributed by atoms with Crippen molar-refractivity contribution in [2.24, 2.45) is 0 Å². The quantitative estimate of drug-likeness (QED) is 0.508. The van der Waals surface area contributed by atoms with Crippen LogP contribution in [0.4, 0.5) is 0 Å². The smallest absolute Gasteiger partial charge is 0.306 e. The SMILES string of the molecule is CC(C)(O)c1cnc2ccc(-c3c(-c4ccn(C5CC5)n4)nc4occn34)cn12. The van der Waals surface area contributed by atoms with Gasteiger partial charge in [-0.05, 0) is 44.9 Å². The zero-order valence-electron chi connectivity index (χ0n) is 16.1. The molecular weight excluding hydrogens is 368 g/mol. The lowest BCUT2D eigenvalue weighted by Crippen LogP contribution is -2.18.